The quantitative estimate of drug-likeness (QED) is 0.471. The van der Waals surface area contributed by atoms with Crippen molar-refractivity contribution in [1.82, 2.24) is 0 Å². The lowest BCUT2D eigenvalue weighted by Gasteiger charge is -2.14. The molecule has 3 fully saturated rings. The van der Waals surface area contributed by atoms with Crippen LogP contribution in [-0.4, -0.2) is 23.4 Å². The van der Waals surface area contributed by atoms with E-state index in [1.54, 1.807) is 0 Å². The third kappa shape index (κ3) is 0.487. The summed E-state index contributed by atoms with van der Waals surface area (Å²) in [6.45, 7) is 4.39. The highest BCUT2D eigenvalue weighted by Crippen LogP contribution is 2.59. The van der Waals surface area contributed by atoms with E-state index in [1.165, 1.54) is 0 Å². The summed E-state index contributed by atoms with van der Waals surface area (Å²) in [5.41, 5.74) is 0.392. The summed E-state index contributed by atoms with van der Waals surface area (Å²) in [6.07, 6.45) is 3.28. The fourth-order valence-electron chi connectivity index (χ4n) is 2.38. The Morgan fingerprint density at radius 2 is 1.60 bits per heavy atom. The molecule has 0 N–H and O–H groups in total. The average molecular weight is 140 g/mol. The maximum Gasteiger partial charge on any atom is 0.0949 e. The zero-order chi connectivity index (χ0) is 6.98. The van der Waals surface area contributed by atoms with E-state index in [4.69, 9.17) is 9.47 Å². The van der Waals surface area contributed by atoms with E-state index in [0.29, 0.717) is 12.2 Å². The largest absolute Gasteiger partial charge is 0.366 e. The van der Waals surface area contributed by atoms with Gasteiger partial charge in [-0.25, -0.2) is 0 Å². The Balaban J connectivity index is 1.90. The highest BCUT2D eigenvalue weighted by atomic mass is 16.6. The predicted molar refractivity (Wildman–Crippen MR) is 35.8 cm³/mol. The van der Waals surface area contributed by atoms with Crippen molar-refractivity contribution in [3.05, 3.63) is 0 Å². The summed E-state index contributed by atoms with van der Waals surface area (Å²) in [7, 11) is 0. The van der Waals surface area contributed by atoms with E-state index in [-0.39, 0.29) is 11.2 Å². The molecule has 0 bridgehead atoms. The zero-order valence-corrected chi connectivity index (χ0v) is 6.39. The van der Waals surface area contributed by atoms with Crippen LogP contribution in [0.25, 0.3) is 0 Å². The first-order valence-corrected chi connectivity index (χ1v) is 3.98. The van der Waals surface area contributed by atoms with E-state index in [0.717, 1.165) is 12.8 Å². The number of hydrogen-bond acceptors (Lipinski definition) is 2. The van der Waals surface area contributed by atoms with Crippen molar-refractivity contribution < 1.29 is 9.47 Å². The fraction of sp³-hybridized carbons (Fsp3) is 1.00. The zero-order valence-electron chi connectivity index (χ0n) is 6.39. The third-order valence-electron chi connectivity index (χ3n) is 3.20. The van der Waals surface area contributed by atoms with Crippen LogP contribution in [0.15, 0.2) is 0 Å². The number of epoxide rings is 2. The molecule has 3 rings (SSSR count). The van der Waals surface area contributed by atoms with Crippen LogP contribution in [0.1, 0.15) is 26.7 Å². The first-order valence-electron chi connectivity index (χ1n) is 3.98. The molecule has 1 aliphatic carbocycles. The topological polar surface area (TPSA) is 25.1 Å². The van der Waals surface area contributed by atoms with Gasteiger partial charge in [-0.2, -0.15) is 0 Å². The van der Waals surface area contributed by atoms with E-state index in [1.807, 2.05) is 0 Å². The Bertz CT molecular complexity index is 183. The molecule has 2 nitrogen and oxygen atoms in total. The van der Waals surface area contributed by atoms with Gasteiger partial charge in [0.2, 0.25) is 0 Å². The van der Waals surface area contributed by atoms with Crippen LogP contribution in [0.5, 0.6) is 0 Å². The molecule has 1 saturated carbocycles. The van der Waals surface area contributed by atoms with E-state index in [2.05, 4.69) is 13.8 Å². The van der Waals surface area contributed by atoms with Gasteiger partial charge in [-0.15, -0.1) is 0 Å². The molecule has 0 radical (unpaired) electrons. The van der Waals surface area contributed by atoms with E-state index >= 15 is 0 Å². The number of rotatable bonds is 0. The van der Waals surface area contributed by atoms with E-state index < -0.39 is 0 Å². The first-order chi connectivity index (χ1) is 4.62. The standard InChI is InChI=1S/C8H12O2/c1-7-4-8(2)6(10-8)3-5(7)9-7/h5-6H,3-4H2,1-2H3/t5-,6+,7+,8-. The summed E-state index contributed by atoms with van der Waals surface area (Å²) < 4.78 is 11.1. The van der Waals surface area contributed by atoms with Crippen LogP contribution in [0.4, 0.5) is 0 Å². The lowest BCUT2D eigenvalue weighted by atomic mass is 9.83. The summed E-state index contributed by atoms with van der Waals surface area (Å²) >= 11 is 0. The van der Waals surface area contributed by atoms with Crippen molar-refractivity contribution in [2.75, 3.05) is 0 Å². The SMILES string of the molecule is C[C@@]12C[C@]3(C)O[C@@H]3C[C@@H]1O2. The van der Waals surface area contributed by atoms with Gasteiger partial charge in [0.05, 0.1) is 23.4 Å². The van der Waals surface area contributed by atoms with Crippen molar-refractivity contribution in [3.63, 3.8) is 0 Å². The second-order valence-corrected chi connectivity index (χ2v) is 4.25. The summed E-state index contributed by atoms with van der Waals surface area (Å²) in [4.78, 5) is 0. The highest BCUT2D eigenvalue weighted by molar-refractivity contribution is 5.18. The average Bonchev–Trinajstić information content (AvgIpc) is 2.53. The minimum Gasteiger partial charge on any atom is -0.366 e. The van der Waals surface area contributed by atoms with Crippen LogP contribution in [-0.2, 0) is 9.47 Å². The van der Waals surface area contributed by atoms with Crippen LogP contribution in [0.2, 0.25) is 0 Å². The number of fused-ring (bicyclic) bond motifs is 2. The van der Waals surface area contributed by atoms with Gasteiger partial charge in [-0.3, -0.25) is 0 Å². The second kappa shape index (κ2) is 1.16. The molecule has 4 atom stereocenters. The van der Waals surface area contributed by atoms with Crippen molar-refractivity contribution in [2.45, 2.75) is 50.1 Å². The van der Waals surface area contributed by atoms with Crippen molar-refractivity contribution in [3.8, 4) is 0 Å². The third-order valence-corrected chi connectivity index (χ3v) is 3.20. The van der Waals surface area contributed by atoms with Gasteiger partial charge in [0.15, 0.2) is 0 Å². The molecule has 0 amide bonds. The molecule has 2 saturated heterocycles. The molecule has 0 aromatic heterocycles. The predicted octanol–water partition coefficient (Wildman–Crippen LogP) is 1.10. The molecule has 0 aromatic rings. The fourth-order valence-corrected chi connectivity index (χ4v) is 2.38. The molecule has 2 aliphatic heterocycles. The maximum atomic E-state index is 5.55. The molecule has 2 heterocycles. The highest BCUT2D eigenvalue weighted by Gasteiger charge is 2.69. The van der Waals surface area contributed by atoms with Gasteiger partial charge in [-0.05, 0) is 13.8 Å². The van der Waals surface area contributed by atoms with Gasteiger partial charge >= 0.3 is 0 Å². The molecule has 56 valence electrons. The molecule has 3 aliphatic rings. The van der Waals surface area contributed by atoms with Gasteiger partial charge in [0.1, 0.15) is 0 Å². The Morgan fingerprint density at radius 1 is 1.10 bits per heavy atom. The monoisotopic (exact) mass is 140 g/mol. The van der Waals surface area contributed by atoms with Crippen LogP contribution >= 0.6 is 0 Å². The summed E-state index contributed by atoms with van der Waals surface area (Å²) in [5, 5.41) is 0. The summed E-state index contributed by atoms with van der Waals surface area (Å²) in [5.74, 6) is 0. The molecule has 0 spiro atoms. The minimum atomic E-state index is 0.196. The number of ether oxygens (including phenoxy) is 2. The smallest absolute Gasteiger partial charge is 0.0949 e. The molecule has 2 heteroatoms. The Kier molecular flexibility index (Phi) is 0.647. The van der Waals surface area contributed by atoms with Crippen molar-refractivity contribution in [2.24, 2.45) is 0 Å². The number of hydrogen-bond donors (Lipinski definition) is 0. The van der Waals surface area contributed by atoms with Crippen molar-refractivity contribution in [1.29, 1.82) is 0 Å². The summed E-state index contributed by atoms with van der Waals surface area (Å²) in [6, 6.07) is 0. The van der Waals surface area contributed by atoms with Gasteiger partial charge in [0, 0.05) is 12.8 Å². The van der Waals surface area contributed by atoms with E-state index in [9.17, 15) is 0 Å². The molecule has 0 aromatic carbocycles. The second-order valence-electron chi connectivity index (χ2n) is 4.25. The minimum absolute atomic E-state index is 0.196. The molecular formula is C8H12O2. The van der Waals surface area contributed by atoms with Crippen molar-refractivity contribution >= 4 is 0 Å². The molecule has 10 heavy (non-hydrogen) atoms. The lowest BCUT2D eigenvalue weighted by Crippen LogP contribution is -2.27. The Morgan fingerprint density at radius 3 is 2.00 bits per heavy atom. The Labute approximate surface area is 60.5 Å². The molecular weight excluding hydrogens is 128 g/mol. The van der Waals surface area contributed by atoms with Gasteiger partial charge in [0.25, 0.3) is 0 Å². The van der Waals surface area contributed by atoms with Gasteiger partial charge < -0.3 is 9.47 Å². The molecule has 0 unspecified atom stereocenters. The van der Waals surface area contributed by atoms with Gasteiger partial charge in [-0.1, -0.05) is 0 Å². The van der Waals surface area contributed by atoms with Crippen LogP contribution in [0.3, 0.4) is 0 Å². The maximum absolute atomic E-state index is 5.55. The van der Waals surface area contributed by atoms with Crippen LogP contribution in [0, 0.1) is 0 Å². The lowest BCUT2D eigenvalue weighted by molar-refractivity contribution is 0.219. The normalized spacial score (nSPS) is 70.2. The Hall–Kier alpha value is -0.0800. The van der Waals surface area contributed by atoms with Crippen LogP contribution < -0.4 is 0 Å². The first kappa shape index (κ1) is 5.56.